The lowest BCUT2D eigenvalue weighted by Gasteiger charge is -2.20. The summed E-state index contributed by atoms with van der Waals surface area (Å²) in [5.74, 6) is 0.584. The molecule has 2 saturated carbocycles. The maximum Gasteiger partial charge on any atom is 0.315 e. The Bertz CT molecular complexity index is 422. The van der Waals surface area contributed by atoms with E-state index < -0.39 is 0 Å². The summed E-state index contributed by atoms with van der Waals surface area (Å²) in [6.07, 6.45) is 11.6. The predicted molar refractivity (Wildman–Crippen MR) is 80.7 cm³/mol. The highest BCUT2D eigenvalue weighted by Gasteiger charge is 2.35. The maximum atomic E-state index is 12.2. The number of rotatable bonds is 4. The van der Waals surface area contributed by atoms with Gasteiger partial charge in [-0.1, -0.05) is 25.7 Å². The average Bonchev–Trinajstić information content (AvgIpc) is 3.19. The topological polar surface area (TPSA) is 54.0 Å². The molecular formula is C15H23N3OS. The third-order valence-electron chi connectivity index (χ3n) is 4.29. The molecule has 2 fully saturated rings. The van der Waals surface area contributed by atoms with Crippen molar-refractivity contribution >= 4 is 17.4 Å². The van der Waals surface area contributed by atoms with Crippen molar-refractivity contribution < 1.29 is 4.79 Å². The van der Waals surface area contributed by atoms with Crippen molar-refractivity contribution in [3.63, 3.8) is 0 Å². The summed E-state index contributed by atoms with van der Waals surface area (Å²) < 4.78 is 0. The van der Waals surface area contributed by atoms with E-state index in [4.69, 9.17) is 0 Å². The van der Waals surface area contributed by atoms with E-state index in [9.17, 15) is 4.79 Å². The van der Waals surface area contributed by atoms with Crippen LogP contribution in [0.2, 0.25) is 0 Å². The van der Waals surface area contributed by atoms with E-state index in [1.807, 2.05) is 11.6 Å². The first-order valence-electron chi connectivity index (χ1n) is 7.79. The second-order valence-corrected chi connectivity index (χ2v) is 6.92. The summed E-state index contributed by atoms with van der Waals surface area (Å²) in [5.41, 5.74) is 0. The van der Waals surface area contributed by atoms with Gasteiger partial charge in [-0.05, 0) is 31.6 Å². The average molecular weight is 293 g/mol. The van der Waals surface area contributed by atoms with E-state index in [1.165, 1.54) is 38.5 Å². The summed E-state index contributed by atoms with van der Waals surface area (Å²) in [6, 6.07) is 0.457. The van der Waals surface area contributed by atoms with E-state index in [2.05, 4.69) is 15.6 Å². The molecule has 1 aromatic rings. The molecule has 1 heterocycles. The zero-order chi connectivity index (χ0) is 13.8. The number of hydrogen-bond donors (Lipinski definition) is 2. The van der Waals surface area contributed by atoms with Crippen molar-refractivity contribution in [2.75, 3.05) is 0 Å². The number of nitrogens with one attached hydrogen (secondary N) is 2. The first-order chi connectivity index (χ1) is 9.83. The molecule has 0 aromatic carbocycles. The third-order valence-corrected chi connectivity index (χ3v) is 5.15. The van der Waals surface area contributed by atoms with Crippen LogP contribution in [0, 0.1) is 5.92 Å². The molecule has 5 heteroatoms. The van der Waals surface area contributed by atoms with Crippen LogP contribution in [0.5, 0.6) is 0 Å². The highest BCUT2D eigenvalue weighted by atomic mass is 32.1. The van der Waals surface area contributed by atoms with Crippen molar-refractivity contribution in [3.8, 4) is 0 Å². The van der Waals surface area contributed by atoms with Crippen molar-refractivity contribution in [2.45, 2.75) is 63.5 Å². The molecule has 110 valence electrons. The number of carbonyl (C=O) groups excluding carboxylic acids is 1. The van der Waals surface area contributed by atoms with Crippen LogP contribution >= 0.6 is 11.3 Å². The zero-order valence-electron chi connectivity index (χ0n) is 11.8. The second kappa shape index (κ2) is 6.57. The maximum absolute atomic E-state index is 12.2. The second-order valence-electron chi connectivity index (χ2n) is 5.99. The summed E-state index contributed by atoms with van der Waals surface area (Å²) in [7, 11) is 0. The molecule has 20 heavy (non-hydrogen) atoms. The fourth-order valence-corrected chi connectivity index (χ4v) is 3.77. The van der Waals surface area contributed by atoms with Crippen LogP contribution in [0.1, 0.15) is 62.4 Å². The fraction of sp³-hybridized carbons (Fsp3) is 0.733. The lowest BCUT2D eigenvalue weighted by Crippen LogP contribution is -2.43. The molecule has 2 aliphatic carbocycles. The predicted octanol–water partition coefficient (Wildman–Crippen LogP) is 3.62. The Morgan fingerprint density at radius 1 is 1.20 bits per heavy atom. The van der Waals surface area contributed by atoms with E-state index in [1.54, 1.807) is 11.3 Å². The van der Waals surface area contributed by atoms with Gasteiger partial charge in [0.25, 0.3) is 0 Å². The van der Waals surface area contributed by atoms with Gasteiger partial charge in [0.2, 0.25) is 0 Å². The SMILES string of the molecule is O=C(NC1CCCCCC1)NC(c1nccs1)C1CC1. The molecule has 2 N–H and O–H groups in total. The first kappa shape index (κ1) is 13.9. The molecule has 2 amide bonds. The minimum Gasteiger partial charge on any atom is -0.335 e. The minimum atomic E-state index is -0.0102. The van der Waals surface area contributed by atoms with Gasteiger partial charge in [0, 0.05) is 17.6 Å². The molecule has 4 nitrogen and oxygen atoms in total. The fourth-order valence-electron chi connectivity index (χ4n) is 2.99. The van der Waals surface area contributed by atoms with Crippen molar-refractivity contribution in [3.05, 3.63) is 16.6 Å². The van der Waals surface area contributed by atoms with E-state index in [0.29, 0.717) is 12.0 Å². The van der Waals surface area contributed by atoms with Crippen LogP contribution in [0.3, 0.4) is 0 Å². The highest BCUT2D eigenvalue weighted by Crippen LogP contribution is 2.41. The first-order valence-corrected chi connectivity index (χ1v) is 8.67. The van der Waals surface area contributed by atoms with Crippen LogP contribution in [-0.4, -0.2) is 17.1 Å². The largest absolute Gasteiger partial charge is 0.335 e. The Morgan fingerprint density at radius 2 is 1.95 bits per heavy atom. The van der Waals surface area contributed by atoms with Gasteiger partial charge in [-0.2, -0.15) is 0 Å². The van der Waals surface area contributed by atoms with Crippen LogP contribution in [0.4, 0.5) is 4.79 Å². The van der Waals surface area contributed by atoms with Crippen molar-refractivity contribution in [1.29, 1.82) is 0 Å². The summed E-state index contributed by atoms with van der Waals surface area (Å²) in [4.78, 5) is 16.6. The van der Waals surface area contributed by atoms with Gasteiger partial charge in [0.05, 0.1) is 6.04 Å². The van der Waals surface area contributed by atoms with Crippen LogP contribution in [0.15, 0.2) is 11.6 Å². The van der Waals surface area contributed by atoms with Crippen LogP contribution in [0.25, 0.3) is 0 Å². The van der Waals surface area contributed by atoms with Gasteiger partial charge < -0.3 is 10.6 Å². The summed E-state index contributed by atoms with van der Waals surface area (Å²) in [6.45, 7) is 0. The summed E-state index contributed by atoms with van der Waals surface area (Å²) >= 11 is 1.64. The lowest BCUT2D eigenvalue weighted by molar-refractivity contribution is 0.230. The van der Waals surface area contributed by atoms with Gasteiger partial charge in [-0.25, -0.2) is 9.78 Å². The molecule has 0 aliphatic heterocycles. The molecule has 0 saturated heterocycles. The van der Waals surface area contributed by atoms with E-state index in [-0.39, 0.29) is 12.1 Å². The molecule has 1 unspecified atom stereocenters. The molecule has 1 aromatic heterocycles. The number of thiazole rings is 1. The highest BCUT2D eigenvalue weighted by molar-refractivity contribution is 7.09. The Kier molecular flexibility index (Phi) is 4.55. The van der Waals surface area contributed by atoms with E-state index in [0.717, 1.165) is 17.8 Å². The molecule has 0 spiro atoms. The monoisotopic (exact) mass is 293 g/mol. The number of hydrogen-bond acceptors (Lipinski definition) is 3. The van der Waals surface area contributed by atoms with E-state index >= 15 is 0 Å². The molecule has 1 atom stereocenters. The van der Waals surface area contributed by atoms with Crippen LogP contribution in [-0.2, 0) is 0 Å². The quantitative estimate of drug-likeness (QED) is 0.833. The zero-order valence-corrected chi connectivity index (χ0v) is 12.6. The Morgan fingerprint density at radius 3 is 2.55 bits per heavy atom. The third kappa shape index (κ3) is 3.72. The lowest BCUT2D eigenvalue weighted by atomic mass is 10.1. The Labute approximate surface area is 124 Å². The van der Waals surface area contributed by atoms with Gasteiger partial charge in [0.1, 0.15) is 5.01 Å². The minimum absolute atomic E-state index is 0.0102. The van der Waals surface area contributed by atoms with Crippen molar-refractivity contribution in [1.82, 2.24) is 15.6 Å². The molecule has 0 bridgehead atoms. The standard InChI is InChI=1S/C15H23N3OS/c19-15(17-12-5-3-1-2-4-6-12)18-13(11-7-8-11)14-16-9-10-20-14/h9-13H,1-8H2,(H2,17,18,19). The molecule has 0 radical (unpaired) electrons. The van der Waals surface area contributed by atoms with Gasteiger partial charge in [-0.3, -0.25) is 0 Å². The van der Waals surface area contributed by atoms with Gasteiger partial charge in [-0.15, -0.1) is 11.3 Å². The normalized spacial score (nSPS) is 22.0. The Hall–Kier alpha value is -1.10. The van der Waals surface area contributed by atoms with Crippen molar-refractivity contribution in [2.24, 2.45) is 5.92 Å². The number of urea groups is 1. The molecular weight excluding hydrogens is 270 g/mol. The molecule has 3 rings (SSSR count). The number of amides is 2. The van der Waals surface area contributed by atoms with Gasteiger partial charge >= 0.3 is 6.03 Å². The number of nitrogens with zero attached hydrogens (tertiary/aromatic N) is 1. The smallest absolute Gasteiger partial charge is 0.315 e. The summed E-state index contributed by atoms with van der Waals surface area (Å²) in [5, 5.41) is 9.33. The number of carbonyl (C=O) groups is 1. The Balaban J connectivity index is 1.54. The van der Waals surface area contributed by atoms with Crippen LogP contribution < -0.4 is 10.6 Å². The van der Waals surface area contributed by atoms with Gasteiger partial charge in [0.15, 0.2) is 0 Å². The molecule has 2 aliphatic rings. The number of aromatic nitrogens is 1.